The van der Waals surface area contributed by atoms with Crippen molar-refractivity contribution >= 4 is 33.1 Å². The van der Waals surface area contributed by atoms with Crippen LogP contribution in [0.25, 0.3) is 10.2 Å². The molecule has 2 aromatic heterocycles. The van der Waals surface area contributed by atoms with E-state index in [1.807, 2.05) is 20.8 Å². The van der Waals surface area contributed by atoms with E-state index in [1.165, 1.54) is 11.3 Å². The van der Waals surface area contributed by atoms with Crippen LogP contribution in [-0.4, -0.2) is 21.9 Å². The third kappa shape index (κ3) is 2.28. The first-order valence-electron chi connectivity index (χ1n) is 5.85. The number of nitrogens with zero attached hydrogens (tertiary/aromatic N) is 2. The topological polar surface area (TPSA) is 80.9 Å². The van der Waals surface area contributed by atoms with Crippen molar-refractivity contribution in [1.29, 1.82) is 0 Å². The Morgan fingerprint density at radius 3 is 3.00 bits per heavy atom. The maximum atomic E-state index is 12.1. The highest BCUT2D eigenvalue weighted by atomic mass is 32.1. The molecular formula is C12H16N4OS. The summed E-state index contributed by atoms with van der Waals surface area (Å²) in [7, 11) is 0. The lowest BCUT2D eigenvalue weighted by atomic mass is 10.2. The van der Waals surface area contributed by atoms with Crippen LogP contribution in [0.15, 0.2) is 6.20 Å². The molecule has 0 aliphatic carbocycles. The second-order valence-electron chi connectivity index (χ2n) is 4.26. The highest BCUT2D eigenvalue weighted by Crippen LogP contribution is 2.31. The van der Waals surface area contributed by atoms with Gasteiger partial charge >= 0.3 is 0 Å². The quantitative estimate of drug-likeness (QED) is 0.889. The molecule has 1 amide bonds. The van der Waals surface area contributed by atoms with Crippen LogP contribution in [0.2, 0.25) is 0 Å². The number of hydrogen-bond donors (Lipinski definition) is 2. The Balaban J connectivity index is 2.39. The van der Waals surface area contributed by atoms with Crippen molar-refractivity contribution in [3.63, 3.8) is 0 Å². The molecule has 0 radical (unpaired) electrons. The molecule has 2 heterocycles. The minimum atomic E-state index is -0.137. The summed E-state index contributed by atoms with van der Waals surface area (Å²) in [5.74, 6) is 0.542. The fourth-order valence-corrected chi connectivity index (χ4v) is 2.56. The largest absolute Gasteiger partial charge is 0.397 e. The molecule has 0 aliphatic rings. The summed E-state index contributed by atoms with van der Waals surface area (Å²) >= 11 is 1.31. The van der Waals surface area contributed by atoms with E-state index in [0.29, 0.717) is 16.4 Å². The first-order chi connectivity index (χ1) is 8.52. The van der Waals surface area contributed by atoms with Gasteiger partial charge in [-0.05, 0) is 20.3 Å². The van der Waals surface area contributed by atoms with Crippen LogP contribution in [0.3, 0.4) is 0 Å². The first-order valence-corrected chi connectivity index (χ1v) is 6.67. The Morgan fingerprint density at radius 2 is 2.33 bits per heavy atom. The normalized spacial score (nSPS) is 12.6. The SMILES string of the molecule is CCC(C)NC(=O)c1sc2nc(C)ncc2c1N. The standard InChI is InChI=1S/C12H16N4OS/c1-4-6(2)15-11(17)10-9(13)8-5-14-7(3)16-12(8)18-10/h5-6H,4,13H2,1-3H3,(H,15,17). The molecule has 2 aromatic rings. The van der Waals surface area contributed by atoms with Gasteiger partial charge in [0.15, 0.2) is 0 Å². The van der Waals surface area contributed by atoms with Gasteiger partial charge < -0.3 is 11.1 Å². The van der Waals surface area contributed by atoms with E-state index < -0.39 is 0 Å². The van der Waals surface area contributed by atoms with Gasteiger partial charge in [0.2, 0.25) is 0 Å². The van der Waals surface area contributed by atoms with E-state index in [2.05, 4.69) is 15.3 Å². The van der Waals surface area contributed by atoms with Gasteiger partial charge in [-0.15, -0.1) is 11.3 Å². The maximum Gasteiger partial charge on any atom is 0.263 e. The van der Waals surface area contributed by atoms with E-state index >= 15 is 0 Å². The van der Waals surface area contributed by atoms with Crippen molar-refractivity contribution in [2.75, 3.05) is 5.73 Å². The van der Waals surface area contributed by atoms with Crippen molar-refractivity contribution in [2.45, 2.75) is 33.2 Å². The number of aromatic nitrogens is 2. The van der Waals surface area contributed by atoms with Gasteiger partial charge in [-0.3, -0.25) is 4.79 Å². The van der Waals surface area contributed by atoms with Crippen molar-refractivity contribution in [3.05, 3.63) is 16.9 Å². The fraction of sp³-hybridized carbons (Fsp3) is 0.417. The summed E-state index contributed by atoms with van der Waals surface area (Å²) in [6.07, 6.45) is 2.55. The van der Waals surface area contributed by atoms with E-state index in [1.54, 1.807) is 6.20 Å². The lowest BCUT2D eigenvalue weighted by Crippen LogP contribution is -2.31. The maximum absolute atomic E-state index is 12.1. The Hall–Kier alpha value is -1.69. The number of aryl methyl sites for hydroxylation is 1. The van der Waals surface area contributed by atoms with Gasteiger partial charge in [-0.25, -0.2) is 9.97 Å². The zero-order valence-corrected chi connectivity index (χ0v) is 11.5. The molecule has 0 spiro atoms. The van der Waals surface area contributed by atoms with Crippen LogP contribution in [-0.2, 0) is 0 Å². The summed E-state index contributed by atoms with van der Waals surface area (Å²) in [5.41, 5.74) is 6.45. The van der Waals surface area contributed by atoms with Gasteiger partial charge in [-0.2, -0.15) is 0 Å². The third-order valence-electron chi connectivity index (χ3n) is 2.80. The molecule has 3 N–H and O–H groups in total. The molecular weight excluding hydrogens is 248 g/mol. The van der Waals surface area contributed by atoms with Gasteiger partial charge in [0.25, 0.3) is 5.91 Å². The number of carbonyl (C=O) groups is 1. The average Bonchev–Trinajstić information content (AvgIpc) is 2.66. The van der Waals surface area contributed by atoms with Crippen LogP contribution in [0, 0.1) is 6.92 Å². The monoisotopic (exact) mass is 264 g/mol. The summed E-state index contributed by atoms with van der Waals surface area (Å²) < 4.78 is 0. The highest BCUT2D eigenvalue weighted by Gasteiger charge is 2.18. The van der Waals surface area contributed by atoms with Gasteiger partial charge in [0.1, 0.15) is 15.5 Å². The fourth-order valence-electron chi connectivity index (χ4n) is 1.55. The molecule has 1 atom stereocenters. The van der Waals surface area contributed by atoms with Crippen molar-refractivity contribution in [2.24, 2.45) is 0 Å². The first kappa shape index (κ1) is 12.8. The minimum Gasteiger partial charge on any atom is -0.397 e. The van der Waals surface area contributed by atoms with Gasteiger partial charge in [-0.1, -0.05) is 6.92 Å². The number of fused-ring (bicyclic) bond motifs is 1. The predicted molar refractivity (Wildman–Crippen MR) is 73.8 cm³/mol. The molecule has 0 saturated heterocycles. The summed E-state index contributed by atoms with van der Waals surface area (Å²) in [6.45, 7) is 5.80. The van der Waals surface area contributed by atoms with Gasteiger partial charge in [0, 0.05) is 12.2 Å². The molecule has 96 valence electrons. The summed E-state index contributed by atoms with van der Waals surface area (Å²) in [5, 5.41) is 3.66. The Morgan fingerprint density at radius 1 is 1.61 bits per heavy atom. The number of nitrogen functional groups attached to an aromatic ring is 1. The van der Waals surface area contributed by atoms with Crippen molar-refractivity contribution < 1.29 is 4.79 Å². The number of rotatable bonds is 3. The number of carbonyl (C=O) groups excluding carboxylic acids is 1. The molecule has 18 heavy (non-hydrogen) atoms. The molecule has 0 fully saturated rings. The van der Waals surface area contributed by atoms with Crippen molar-refractivity contribution in [1.82, 2.24) is 15.3 Å². The molecule has 6 heteroatoms. The zero-order valence-electron chi connectivity index (χ0n) is 10.7. The van der Waals surface area contributed by atoms with Crippen LogP contribution >= 0.6 is 11.3 Å². The van der Waals surface area contributed by atoms with E-state index in [0.717, 1.165) is 16.6 Å². The molecule has 2 rings (SSSR count). The van der Waals surface area contributed by atoms with Gasteiger partial charge in [0.05, 0.1) is 11.1 Å². The second kappa shape index (κ2) is 4.89. The van der Waals surface area contributed by atoms with Crippen molar-refractivity contribution in [3.8, 4) is 0 Å². The minimum absolute atomic E-state index is 0.134. The Bertz CT molecular complexity index is 593. The lowest BCUT2D eigenvalue weighted by Gasteiger charge is -2.10. The van der Waals surface area contributed by atoms with E-state index in [4.69, 9.17) is 5.73 Å². The summed E-state index contributed by atoms with van der Waals surface area (Å²) in [4.78, 5) is 21.7. The molecule has 1 unspecified atom stereocenters. The smallest absolute Gasteiger partial charge is 0.263 e. The third-order valence-corrected chi connectivity index (χ3v) is 3.92. The lowest BCUT2D eigenvalue weighted by molar-refractivity contribution is 0.0944. The van der Waals surface area contributed by atoms with E-state index in [9.17, 15) is 4.79 Å². The number of amides is 1. The predicted octanol–water partition coefficient (Wildman–Crippen LogP) is 2.11. The van der Waals surface area contributed by atoms with Crippen LogP contribution < -0.4 is 11.1 Å². The number of nitrogens with two attached hydrogens (primary N) is 1. The van der Waals surface area contributed by atoms with Crippen LogP contribution in [0.1, 0.15) is 35.8 Å². The molecule has 0 saturated carbocycles. The molecule has 5 nitrogen and oxygen atoms in total. The second-order valence-corrected chi connectivity index (χ2v) is 5.26. The molecule has 0 aliphatic heterocycles. The van der Waals surface area contributed by atoms with Crippen LogP contribution in [0.5, 0.6) is 0 Å². The number of nitrogens with one attached hydrogen (secondary N) is 1. The van der Waals surface area contributed by atoms with E-state index in [-0.39, 0.29) is 11.9 Å². The Labute approximate surface area is 109 Å². The molecule has 0 aromatic carbocycles. The number of thiophene rings is 1. The number of hydrogen-bond acceptors (Lipinski definition) is 5. The van der Waals surface area contributed by atoms with Crippen LogP contribution in [0.4, 0.5) is 5.69 Å². The summed E-state index contributed by atoms with van der Waals surface area (Å²) in [6, 6.07) is 0.134. The number of anilines is 1. The highest BCUT2D eigenvalue weighted by molar-refractivity contribution is 7.21. The average molecular weight is 264 g/mol. The molecule has 0 bridgehead atoms. The Kier molecular flexibility index (Phi) is 3.47. The zero-order chi connectivity index (χ0) is 13.3.